The van der Waals surface area contributed by atoms with Crippen LogP contribution in [0.25, 0.3) is 0 Å². The maximum Gasteiger partial charge on any atom is 0.344 e. The van der Waals surface area contributed by atoms with Crippen molar-refractivity contribution in [2.24, 2.45) is 0 Å². The van der Waals surface area contributed by atoms with Crippen molar-refractivity contribution in [2.45, 2.75) is 0 Å². The molecule has 25 heavy (non-hydrogen) atoms. The molecule has 2 aromatic rings. The van der Waals surface area contributed by atoms with Crippen LogP contribution in [-0.2, 0) is 14.3 Å². The van der Waals surface area contributed by atoms with Crippen LogP contribution in [0.5, 0.6) is 5.75 Å². The average molecular weight is 348 g/mol. The molecule has 0 aliphatic rings. The Hall–Kier alpha value is -3.49. The van der Waals surface area contributed by atoms with Crippen molar-refractivity contribution in [2.75, 3.05) is 18.5 Å². The van der Waals surface area contributed by atoms with Crippen LogP contribution < -0.4 is 10.1 Å². The summed E-state index contributed by atoms with van der Waals surface area (Å²) in [7, 11) is 0. The summed E-state index contributed by atoms with van der Waals surface area (Å²) in [5.41, 5.74) is 0.198. The number of non-ortho nitro benzene ring substituents is 1. The Kier molecular flexibility index (Phi) is 5.99. The Bertz CT molecular complexity index is 778. The largest absolute Gasteiger partial charge is 0.479 e. The second kappa shape index (κ2) is 8.39. The number of carbonyl (C=O) groups excluding carboxylic acids is 2. The van der Waals surface area contributed by atoms with Crippen LogP contribution in [0, 0.1) is 15.9 Å². The number of esters is 1. The third-order valence-corrected chi connectivity index (χ3v) is 2.91. The van der Waals surface area contributed by atoms with Crippen LogP contribution in [-0.4, -0.2) is 30.0 Å². The Morgan fingerprint density at radius 2 is 1.76 bits per heavy atom. The fourth-order valence-corrected chi connectivity index (χ4v) is 1.75. The van der Waals surface area contributed by atoms with Crippen molar-refractivity contribution >= 4 is 23.3 Å². The number of nitrogens with zero attached hydrogens (tertiary/aromatic N) is 1. The highest BCUT2D eigenvalue weighted by Gasteiger charge is 2.11. The highest BCUT2D eigenvalue weighted by Crippen LogP contribution is 2.16. The standard InChI is InChI=1S/C16H13FN2O6/c17-13-3-1-2-4-14(13)24-10-16(21)25-9-15(20)18-11-5-7-12(8-6-11)19(22)23/h1-8H,9-10H2,(H,18,20). The Morgan fingerprint density at radius 3 is 2.40 bits per heavy atom. The number of para-hydroxylation sites is 1. The van der Waals surface area contributed by atoms with Gasteiger partial charge < -0.3 is 14.8 Å². The molecule has 1 amide bonds. The SMILES string of the molecule is O=C(COC(=O)COc1ccccc1F)Nc1ccc([N+](=O)[O-])cc1. The van der Waals surface area contributed by atoms with Gasteiger partial charge in [0, 0.05) is 17.8 Å². The van der Waals surface area contributed by atoms with Crippen molar-refractivity contribution in [3.05, 3.63) is 64.5 Å². The number of amides is 1. The number of anilines is 1. The summed E-state index contributed by atoms with van der Waals surface area (Å²) in [6, 6.07) is 10.7. The molecule has 0 spiro atoms. The first-order chi connectivity index (χ1) is 12.0. The van der Waals surface area contributed by atoms with Gasteiger partial charge in [0.2, 0.25) is 0 Å². The molecule has 130 valence electrons. The highest BCUT2D eigenvalue weighted by molar-refractivity contribution is 5.92. The minimum Gasteiger partial charge on any atom is -0.479 e. The Labute approximate surface area is 141 Å². The van der Waals surface area contributed by atoms with Gasteiger partial charge in [-0.15, -0.1) is 0 Å². The zero-order chi connectivity index (χ0) is 18.2. The van der Waals surface area contributed by atoms with Crippen LogP contribution in [0.15, 0.2) is 48.5 Å². The van der Waals surface area contributed by atoms with Gasteiger partial charge in [-0.05, 0) is 24.3 Å². The molecule has 1 N–H and O–H groups in total. The van der Waals surface area contributed by atoms with Gasteiger partial charge in [0.15, 0.2) is 24.8 Å². The second-order valence-corrected chi connectivity index (χ2v) is 4.73. The van der Waals surface area contributed by atoms with Crippen LogP contribution >= 0.6 is 0 Å². The molecule has 0 aliphatic carbocycles. The lowest BCUT2D eigenvalue weighted by Crippen LogP contribution is -2.23. The zero-order valence-corrected chi connectivity index (χ0v) is 12.8. The third-order valence-electron chi connectivity index (χ3n) is 2.91. The van der Waals surface area contributed by atoms with E-state index in [9.17, 15) is 24.1 Å². The van der Waals surface area contributed by atoms with E-state index in [-0.39, 0.29) is 11.4 Å². The van der Waals surface area contributed by atoms with Gasteiger partial charge >= 0.3 is 5.97 Å². The molecule has 0 unspecified atom stereocenters. The zero-order valence-electron chi connectivity index (χ0n) is 12.8. The van der Waals surface area contributed by atoms with Crippen molar-refractivity contribution in [3.63, 3.8) is 0 Å². The predicted molar refractivity (Wildman–Crippen MR) is 84.6 cm³/mol. The van der Waals surface area contributed by atoms with Crippen molar-refractivity contribution in [1.29, 1.82) is 0 Å². The molecule has 0 radical (unpaired) electrons. The van der Waals surface area contributed by atoms with Gasteiger partial charge in [-0.2, -0.15) is 0 Å². The summed E-state index contributed by atoms with van der Waals surface area (Å²) in [4.78, 5) is 33.1. The number of ether oxygens (including phenoxy) is 2. The lowest BCUT2D eigenvalue weighted by molar-refractivity contribution is -0.384. The van der Waals surface area contributed by atoms with E-state index in [1.165, 1.54) is 42.5 Å². The highest BCUT2D eigenvalue weighted by atomic mass is 19.1. The molecule has 0 heterocycles. The predicted octanol–water partition coefficient (Wildman–Crippen LogP) is 2.29. The van der Waals surface area contributed by atoms with E-state index >= 15 is 0 Å². The summed E-state index contributed by atoms with van der Waals surface area (Å²) in [5.74, 6) is -2.20. The summed E-state index contributed by atoms with van der Waals surface area (Å²) in [6.45, 7) is -1.12. The van der Waals surface area contributed by atoms with Crippen LogP contribution in [0.1, 0.15) is 0 Å². The van der Waals surface area contributed by atoms with Gasteiger partial charge in [-0.25, -0.2) is 9.18 Å². The molecular formula is C16H13FN2O6. The fraction of sp³-hybridized carbons (Fsp3) is 0.125. The Balaban J connectivity index is 1.74. The number of rotatable bonds is 7. The monoisotopic (exact) mass is 348 g/mol. The van der Waals surface area contributed by atoms with Gasteiger partial charge in [0.25, 0.3) is 11.6 Å². The number of halogens is 1. The molecule has 0 saturated heterocycles. The van der Waals surface area contributed by atoms with Crippen molar-refractivity contribution in [1.82, 2.24) is 0 Å². The summed E-state index contributed by atoms with van der Waals surface area (Å²) >= 11 is 0. The van der Waals surface area contributed by atoms with E-state index in [2.05, 4.69) is 5.32 Å². The fourth-order valence-electron chi connectivity index (χ4n) is 1.75. The summed E-state index contributed by atoms with van der Waals surface area (Å²) in [5, 5.41) is 12.9. The van der Waals surface area contributed by atoms with E-state index in [1.807, 2.05) is 0 Å². The van der Waals surface area contributed by atoms with E-state index in [0.717, 1.165) is 0 Å². The topological polar surface area (TPSA) is 108 Å². The molecule has 2 rings (SSSR count). The van der Waals surface area contributed by atoms with Gasteiger partial charge in [0.05, 0.1) is 4.92 Å². The second-order valence-electron chi connectivity index (χ2n) is 4.73. The van der Waals surface area contributed by atoms with Crippen LogP contribution in [0.3, 0.4) is 0 Å². The van der Waals surface area contributed by atoms with E-state index in [4.69, 9.17) is 9.47 Å². The van der Waals surface area contributed by atoms with E-state index < -0.39 is 35.8 Å². The number of nitro groups is 1. The first-order valence-electron chi connectivity index (χ1n) is 7.03. The minimum absolute atomic E-state index is 0.102. The average Bonchev–Trinajstić information content (AvgIpc) is 2.59. The molecule has 0 fully saturated rings. The van der Waals surface area contributed by atoms with Crippen LogP contribution in [0.4, 0.5) is 15.8 Å². The third kappa shape index (κ3) is 5.57. The molecular weight excluding hydrogens is 335 g/mol. The summed E-state index contributed by atoms with van der Waals surface area (Å²) < 4.78 is 22.9. The minimum atomic E-state index is -0.845. The number of nitro benzene ring substituents is 1. The van der Waals surface area contributed by atoms with E-state index in [0.29, 0.717) is 5.69 Å². The van der Waals surface area contributed by atoms with Gasteiger partial charge in [-0.1, -0.05) is 12.1 Å². The molecule has 0 aromatic heterocycles. The van der Waals surface area contributed by atoms with Gasteiger partial charge in [-0.3, -0.25) is 14.9 Å². The molecule has 8 nitrogen and oxygen atoms in total. The van der Waals surface area contributed by atoms with Crippen molar-refractivity contribution < 1.29 is 28.4 Å². The molecule has 2 aromatic carbocycles. The number of nitrogens with one attached hydrogen (secondary N) is 1. The normalized spacial score (nSPS) is 9.96. The quantitative estimate of drug-likeness (QED) is 0.467. The first kappa shape index (κ1) is 17.9. The molecule has 0 bridgehead atoms. The van der Waals surface area contributed by atoms with Gasteiger partial charge in [0.1, 0.15) is 0 Å². The molecule has 0 saturated carbocycles. The number of hydrogen-bond donors (Lipinski definition) is 1. The molecule has 0 atom stereocenters. The molecule has 9 heteroatoms. The maximum absolute atomic E-state index is 13.3. The Morgan fingerprint density at radius 1 is 1.08 bits per heavy atom. The smallest absolute Gasteiger partial charge is 0.344 e. The van der Waals surface area contributed by atoms with E-state index in [1.54, 1.807) is 6.07 Å². The summed E-state index contributed by atoms with van der Waals surface area (Å²) in [6.07, 6.45) is 0. The molecule has 0 aliphatic heterocycles. The number of carbonyl (C=O) groups is 2. The maximum atomic E-state index is 13.3. The van der Waals surface area contributed by atoms with Crippen LogP contribution in [0.2, 0.25) is 0 Å². The lowest BCUT2D eigenvalue weighted by Gasteiger charge is -2.08. The number of hydrogen-bond acceptors (Lipinski definition) is 6. The lowest BCUT2D eigenvalue weighted by atomic mass is 10.3. The number of benzene rings is 2. The van der Waals surface area contributed by atoms with Crippen molar-refractivity contribution in [3.8, 4) is 5.75 Å². The first-order valence-corrected chi connectivity index (χ1v) is 7.03.